The number of hydrogen-bond acceptors (Lipinski definition) is 4. The van der Waals surface area contributed by atoms with E-state index < -0.39 is 10.0 Å². The second-order valence-electron chi connectivity index (χ2n) is 8.53. The van der Waals surface area contributed by atoms with Gasteiger partial charge in [-0.3, -0.25) is 9.59 Å². The number of benzene rings is 1. The number of anilines is 1. The summed E-state index contributed by atoms with van der Waals surface area (Å²) in [7, 11) is -3.48. The van der Waals surface area contributed by atoms with Gasteiger partial charge in [-0.05, 0) is 55.9 Å². The van der Waals surface area contributed by atoms with Crippen molar-refractivity contribution < 1.29 is 18.0 Å². The van der Waals surface area contributed by atoms with E-state index in [1.54, 1.807) is 32.3 Å². The van der Waals surface area contributed by atoms with Crippen LogP contribution in [0.3, 0.4) is 0 Å². The number of likely N-dealkylation sites (tertiary alicyclic amines) is 1. The first kappa shape index (κ1) is 21.3. The SMILES string of the molecule is O=C1CCCCCCN1CC(=O)N1CCc2cc(S(=O)(=O)N3CCCCC3)ccc21. The molecule has 0 bridgehead atoms. The van der Waals surface area contributed by atoms with Crippen LogP contribution in [-0.2, 0) is 26.0 Å². The van der Waals surface area contributed by atoms with Crippen molar-refractivity contribution >= 4 is 27.5 Å². The van der Waals surface area contributed by atoms with E-state index in [9.17, 15) is 18.0 Å². The molecule has 0 saturated carbocycles. The van der Waals surface area contributed by atoms with Gasteiger partial charge >= 0.3 is 0 Å². The number of amides is 2. The number of carbonyl (C=O) groups excluding carboxylic acids is 2. The maximum Gasteiger partial charge on any atom is 0.246 e. The topological polar surface area (TPSA) is 78.0 Å². The maximum atomic E-state index is 13.0. The summed E-state index contributed by atoms with van der Waals surface area (Å²) in [6.07, 6.45) is 8.04. The number of carbonyl (C=O) groups is 2. The third-order valence-electron chi connectivity index (χ3n) is 6.45. The van der Waals surface area contributed by atoms with Gasteiger partial charge < -0.3 is 9.80 Å². The molecule has 8 heteroatoms. The Morgan fingerprint density at radius 3 is 2.37 bits per heavy atom. The molecule has 3 aliphatic rings. The van der Waals surface area contributed by atoms with Gasteiger partial charge in [0.15, 0.2) is 0 Å². The number of hydrogen-bond donors (Lipinski definition) is 0. The number of rotatable bonds is 4. The zero-order valence-electron chi connectivity index (χ0n) is 17.5. The Morgan fingerprint density at radius 1 is 0.867 bits per heavy atom. The van der Waals surface area contributed by atoms with Crippen LogP contribution in [0.25, 0.3) is 0 Å². The van der Waals surface area contributed by atoms with Gasteiger partial charge in [-0.25, -0.2) is 8.42 Å². The molecule has 0 aromatic heterocycles. The first-order valence-electron chi connectivity index (χ1n) is 11.2. The summed E-state index contributed by atoms with van der Waals surface area (Å²) in [5.41, 5.74) is 1.66. The molecule has 1 aromatic rings. The molecule has 30 heavy (non-hydrogen) atoms. The van der Waals surface area contributed by atoms with Gasteiger partial charge in [0.25, 0.3) is 0 Å². The van der Waals surface area contributed by atoms with E-state index in [0.717, 1.165) is 56.2 Å². The van der Waals surface area contributed by atoms with Crippen molar-refractivity contribution in [1.29, 1.82) is 0 Å². The minimum atomic E-state index is -3.48. The van der Waals surface area contributed by atoms with Crippen molar-refractivity contribution in [1.82, 2.24) is 9.21 Å². The van der Waals surface area contributed by atoms with Crippen molar-refractivity contribution in [3.05, 3.63) is 23.8 Å². The van der Waals surface area contributed by atoms with Crippen LogP contribution >= 0.6 is 0 Å². The van der Waals surface area contributed by atoms with Crippen molar-refractivity contribution in [2.75, 3.05) is 37.6 Å². The van der Waals surface area contributed by atoms with E-state index in [-0.39, 0.29) is 18.4 Å². The average molecular weight is 434 g/mol. The first-order chi connectivity index (χ1) is 14.5. The summed E-state index contributed by atoms with van der Waals surface area (Å²) in [5, 5.41) is 0. The first-order valence-corrected chi connectivity index (χ1v) is 12.6. The number of nitrogens with zero attached hydrogens (tertiary/aromatic N) is 3. The Morgan fingerprint density at radius 2 is 1.57 bits per heavy atom. The molecule has 1 aromatic carbocycles. The summed E-state index contributed by atoms with van der Waals surface area (Å²) in [5.74, 6) is -0.0280. The van der Waals surface area contributed by atoms with Crippen molar-refractivity contribution in [2.45, 2.75) is 62.7 Å². The molecule has 0 unspecified atom stereocenters. The molecule has 164 valence electrons. The predicted molar refractivity (Wildman–Crippen MR) is 115 cm³/mol. The molecule has 4 rings (SSSR count). The summed E-state index contributed by atoms with van der Waals surface area (Å²) >= 11 is 0. The Kier molecular flexibility index (Phi) is 6.43. The van der Waals surface area contributed by atoms with Crippen molar-refractivity contribution in [3.8, 4) is 0 Å². The molecule has 0 N–H and O–H groups in total. The summed E-state index contributed by atoms with van der Waals surface area (Å²) in [6, 6.07) is 5.11. The normalized spacial score (nSPS) is 21.3. The minimum absolute atomic E-state index is 0.0606. The molecule has 0 aliphatic carbocycles. The molecular formula is C22H31N3O4S. The molecule has 0 spiro atoms. The van der Waals surface area contributed by atoms with E-state index in [0.29, 0.717) is 43.9 Å². The largest absolute Gasteiger partial charge is 0.333 e. The average Bonchev–Trinajstić information content (AvgIpc) is 3.17. The fraction of sp³-hybridized carbons (Fsp3) is 0.636. The minimum Gasteiger partial charge on any atom is -0.333 e. The fourth-order valence-electron chi connectivity index (χ4n) is 4.68. The molecular weight excluding hydrogens is 402 g/mol. The lowest BCUT2D eigenvalue weighted by Gasteiger charge is -2.27. The Bertz CT molecular complexity index is 909. The van der Waals surface area contributed by atoms with Crippen LogP contribution in [0, 0.1) is 0 Å². The highest BCUT2D eigenvalue weighted by Crippen LogP contribution is 2.32. The van der Waals surface area contributed by atoms with Gasteiger partial charge in [-0.15, -0.1) is 0 Å². The van der Waals surface area contributed by atoms with Crippen LogP contribution in [0.5, 0.6) is 0 Å². The number of sulfonamides is 1. The van der Waals surface area contributed by atoms with E-state index in [2.05, 4.69) is 0 Å². The maximum absolute atomic E-state index is 13.0. The predicted octanol–water partition coefficient (Wildman–Crippen LogP) is 2.54. The van der Waals surface area contributed by atoms with Crippen LogP contribution in [-0.4, -0.2) is 62.2 Å². The zero-order valence-corrected chi connectivity index (χ0v) is 18.3. The fourth-order valence-corrected chi connectivity index (χ4v) is 6.25. The quantitative estimate of drug-likeness (QED) is 0.731. The molecule has 0 atom stereocenters. The monoisotopic (exact) mass is 433 g/mol. The van der Waals surface area contributed by atoms with Gasteiger partial charge in [-0.1, -0.05) is 19.3 Å². The molecule has 2 fully saturated rings. The van der Waals surface area contributed by atoms with Crippen molar-refractivity contribution in [2.24, 2.45) is 0 Å². The van der Waals surface area contributed by atoms with Crippen LogP contribution in [0.4, 0.5) is 5.69 Å². The van der Waals surface area contributed by atoms with E-state index in [4.69, 9.17) is 0 Å². The number of fused-ring (bicyclic) bond motifs is 1. The molecule has 7 nitrogen and oxygen atoms in total. The highest BCUT2D eigenvalue weighted by atomic mass is 32.2. The Balaban J connectivity index is 1.47. The summed E-state index contributed by atoms with van der Waals surface area (Å²) in [6.45, 7) is 2.43. The third kappa shape index (κ3) is 4.39. The third-order valence-corrected chi connectivity index (χ3v) is 8.34. The van der Waals surface area contributed by atoms with E-state index >= 15 is 0 Å². The Labute approximate surface area is 179 Å². The molecule has 2 saturated heterocycles. The Hall–Kier alpha value is -1.93. The highest BCUT2D eigenvalue weighted by molar-refractivity contribution is 7.89. The lowest BCUT2D eigenvalue weighted by atomic mass is 10.1. The zero-order chi connectivity index (χ0) is 21.1. The van der Waals surface area contributed by atoms with Crippen LogP contribution in [0.1, 0.15) is 56.9 Å². The second-order valence-corrected chi connectivity index (χ2v) is 10.5. The summed E-state index contributed by atoms with van der Waals surface area (Å²) < 4.78 is 27.5. The molecule has 3 heterocycles. The smallest absolute Gasteiger partial charge is 0.246 e. The lowest BCUT2D eigenvalue weighted by Crippen LogP contribution is -2.43. The standard InChI is InChI=1S/C22H31N3O4S/c26-21-8-4-1-2-5-12-23(21)17-22(27)25-15-11-18-16-19(9-10-20(18)25)30(28,29)24-13-6-3-7-14-24/h9-10,16H,1-8,11-15,17H2. The van der Waals surface area contributed by atoms with Crippen LogP contribution in [0.15, 0.2) is 23.1 Å². The van der Waals surface area contributed by atoms with Gasteiger partial charge in [0.1, 0.15) is 6.54 Å². The molecule has 2 amide bonds. The van der Waals surface area contributed by atoms with Gasteiger partial charge in [0.2, 0.25) is 21.8 Å². The summed E-state index contributed by atoms with van der Waals surface area (Å²) in [4.78, 5) is 29.0. The highest BCUT2D eigenvalue weighted by Gasteiger charge is 2.31. The number of piperidine rings is 1. The lowest BCUT2D eigenvalue weighted by molar-refractivity contribution is -0.135. The van der Waals surface area contributed by atoms with E-state index in [1.807, 2.05) is 0 Å². The molecule has 3 aliphatic heterocycles. The van der Waals surface area contributed by atoms with Crippen LogP contribution < -0.4 is 4.90 Å². The van der Waals surface area contributed by atoms with Gasteiger partial charge in [0, 0.05) is 38.3 Å². The van der Waals surface area contributed by atoms with E-state index in [1.165, 1.54) is 0 Å². The van der Waals surface area contributed by atoms with Gasteiger partial charge in [-0.2, -0.15) is 4.31 Å². The van der Waals surface area contributed by atoms with Gasteiger partial charge in [0.05, 0.1) is 4.90 Å². The second kappa shape index (κ2) is 9.06. The molecule has 0 radical (unpaired) electrons. The van der Waals surface area contributed by atoms with Crippen molar-refractivity contribution in [3.63, 3.8) is 0 Å². The van der Waals surface area contributed by atoms with Crippen LogP contribution in [0.2, 0.25) is 0 Å².